The number of Topliss-reactive ketones (excluding diaryl/α,β-unsaturated/α-hetero) is 1. The van der Waals surface area contributed by atoms with Crippen molar-refractivity contribution in [2.45, 2.75) is 17.9 Å². The predicted octanol–water partition coefficient (Wildman–Crippen LogP) is 7.45. The number of amides is 1. The van der Waals surface area contributed by atoms with Crippen LogP contribution in [0, 0.1) is 0 Å². The number of allylic oxidation sites excluding steroid dienone is 1. The Balaban J connectivity index is 1.36. The third-order valence-corrected chi connectivity index (χ3v) is 9.27. The van der Waals surface area contributed by atoms with Gasteiger partial charge in [0.05, 0.1) is 28.3 Å². The maximum Gasteiger partial charge on any atom is 0.294 e. The number of nitrogens with zero attached hydrogens (tertiary/aromatic N) is 1. The Kier molecular flexibility index (Phi) is 7.12. The van der Waals surface area contributed by atoms with Gasteiger partial charge in [-0.15, -0.1) is 0 Å². The second-order valence-electron chi connectivity index (χ2n) is 11.0. The van der Waals surface area contributed by atoms with Crippen molar-refractivity contribution in [3.63, 3.8) is 0 Å². The zero-order valence-electron chi connectivity index (χ0n) is 24.1. The van der Waals surface area contributed by atoms with Crippen LogP contribution in [0.1, 0.15) is 23.1 Å². The molecular formula is C38H27NO5S. The van der Waals surface area contributed by atoms with Gasteiger partial charge in [-0.2, -0.15) is 8.42 Å². The molecule has 0 aromatic heterocycles. The van der Waals surface area contributed by atoms with Crippen LogP contribution in [-0.2, 0) is 26.3 Å². The summed E-state index contributed by atoms with van der Waals surface area (Å²) in [5.74, 6) is -0.557. The first-order valence-corrected chi connectivity index (χ1v) is 15.9. The van der Waals surface area contributed by atoms with E-state index in [2.05, 4.69) is 0 Å². The van der Waals surface area contributed by atoms with Crippen LogP contribution < -0.4 is 0 Å². The Morgan fingerprint density at radius 2 is 1.02 bits per heavy atom. The van der Waals surface area contributed by atoms with Crippen molar-refractivity contribution >= 4 is 33.1 Å². The summed E-state index contributed by atoms with van der Waals surface area (Å²) < 4.78 is 34.4. The molecule has 6 nitrogen and oxygen atoms in total. The lowest BCUT2D eigenvalue weighted by Gasteiger charge is -2.23. The van der Waals surface area contributed by atoms with Crippen LogP contribution in [0.25, 0.3) is 33.5 Å². The van der Waals surface area contributed by atoms with E-state index < -0.39 is 10.1 Å². The minimum absolute atomic E-state index is 0.0855. The molecule has 1 heterocycles. The van der Waals surface area contributed by atoms with E-state index in [0.717, 1.165) is 27.8 Å². The van der Waals surface area contributed by atoms with Gasteiger partial charge < -0.3 is 4.90 Å². The van der Waals surface area contributed by atoms with Crippen LogP contribution in [0.2, 0.25) is 0 Å². The van der Waals surface area contributed by atoms with Gasteiger partial charge in [-0.1, -0.05) is 127 Å². The first-order chi connectivity index (χ1) is 21.8. The SMILES string of the molecule is O=C1CC(c2ccc(-c3ccccc3)cc2)=C2C(=O)N(Cc3ccccc3S(=O)(=O)O)C(c3ccc(-c4ccccc4)cc3)=C12. The highest BCUT2D eigenvalue weighted by Gasteiger charge is 2.45. The molecule has 0 radical (unpaired) electrons. The fourth-order valence-corrected chi connectivity index (χ4v) is 6.90. The van der Waals surface area contributed by atoms with Crippen molar-refractivity contribution in [3.05, 3.63) is 161 Å². The quantitative estimate of drug-likeness (QED) is 0.194. The second kappa shape index (κ2) is 11.3. The van der Waals surface area contributed by atoms with Crippen LogP contribution in [0.3, 0.4) is 0 Å². The van der Waals surface area contributed by atoms with Gasteiger partial charge in [0, 0.05) is 6.42 Å². The van der Waals surface area contributed by atoms with Crippen LogP contribution in [-0.4, -0.2) is 29.6 Å². The van der Waals surface area contributed by atoms with E-state index in [4.69, 9.17) is 0 Å². The van der Waals surface area contributed by atoms with Crippen molar-refractivity contribution in [1.29, 1.82) is 0 Å². The molecule has 1 amide bonds. The number of benzene rings is 5. The second-order valence-corrected chi connectivity index (χ2v) is 12.4. The summed E-state index contributed by atoms with van der Waals surface area (Å²) >= 11 is 0. The maximum atomic E-state index is 14.3. The average molecular weight is 610 g/mol. The molecule has 0 saturated heterocycles. The third kappa shape index (κ3) is 5.22. The molecule has 0 atom stereocenters. The van der Waals surface area contributed by atoms with Gasteiger partial charge >= 0.3 is 0 Å². The molecule has 220 valence electrons. The van der Waals surface area contributed by atoms with E-state index in [1.807, 2.05) is 109 Å². The van der Waals surface area contributed by atoms with E-state index >= 15 is 0 Å². The molecule has 1 aliphatic carbocycles. The highest BCUT2D eigenvalue weighted by atomic mass is 32.2. The average Bonchev–Trinajstić information content (AvgIpc) is 3.55. The highest BCUT2D eigenvalue weighted by molar-refractivity contribution is 7.85. The van der Waals surface area contributed by atoms with Crippen molar-refractivity contribution in [3.8, 4) is 22.3 Å². The summed E-state index contributed by atoms with van der Waals surface area (Å²) in [6, 6.07) is 41.3. The van der Waals surface area contributed by atoms with E-state index in [9.17, 15) is 22.6 Å². The van der Waals surface area contributed by atoms with E-state index in [0.29, 0.717) is 28.0 Å². The molecule has 7 rings (SSSR count). The predicted molar refractivity (Wildman–Crippen MR) is 174 cm³/mol. The Morgan fingerprint density at radius 1 is 0.556 bits per heavy atom. The van der Waals surface area contributed by atoms with Crippen molar-refractivity contribution in [2.75, 3.05) is 0 Å². The molecule has 0 saturated carbocycles. The number of ketones is 1. The first kappa shape index (κ1) is 28.4. The van der Waals surface area contributed by atoms with Gasteiger partial charge in [0.15, 0.2) is 5.78 Å². The normalized spacial score (nSPS) is 14.8. The van der Waals surface area contributed by atoms with Gasteiger partial charge in [-0.25, -0.2) is 0 Å². The van der Waals surface area contributed by atoms with E-state index in [1.54, 1.807) is 12.1 Å². The molecule has 5 aromatic rings. The summed E-state index contributed by atoms with van der Waals surface area (Å²) in [5, 5.41) is 0. The van der Waals surface area contributed by atoms with Gasteiger partial charge in [0.2, 0.25) is 0 Å². The molecule has 0 spiro atoms. The molecule has 1 aliphatic heterocycles. The van der Waals surface area contributed by atoms with Crippen LogP contribution in [0.4, 0.5) is 0 Å². The van der Waals surface area contributed by atoms with Gasteiger partial charge in [-0.3, -0.25) is 14.1 Å². The smallest absolute Gasteiger partial charge is 0.294 e. The van der Waals surface area contributed by atoms with Crippen molar-refractivity contribution in [2.24, 2.45) is 0 Å². The summed E-state index contributed by atoms with van der Waals surface area (Å²) in [7, 11) is -4.55. The Bertz CT molecular complexity index is 2130. The number of fused-ring (bicyclic) bond motifs is 1. The highest BCUT2D eigenvalue weighted by Crippen LogP contribution is 2.47. The molecule has 2 aliphatic rings. The zero-order valence-corrected chi connectivity index (χ0v) is 24.9. The molecule has 1 N–H and O–H groups in total. The van der Waals surface area contributed by atoms with E-state index in [-0.39, 0.29) is 35.1 Å². The number of hydrogen-bond donors (Lipinski definition) is 1. The largest absolute Gasteiger partial charge is 0.302 e. The number of carbonyl (C=O) groups is 2. The minimum atomic E-state index is -4.55. The van der Waals surface area contributed by atoms with Crippen LogP contribution in [0.15, 0.2) is 150 Å². The lowest BCUT2D eigenvalue weighted by atomic mass is 9.97. The topological polar surface area (TPSA) is 91.8 Å². The van der Waals surface area contributed by atoms with Crippen molar-refractivity contribution in [1.82, 2.24) is 4.90 Å². The van der Waals surface area contributed by atoms with Crippen molar-refractivity contribution < 1.29 is 22.6 Å². The van der Waals surface area contributed by atoms with Crippen LogP contribution in [0.5, 0.6) is 0 Å². The third-order valence-electron chi connectivity index (χ3n) is 8.32. The number of carbonyl (C=O) groups excluding carboxylic acids is 2. The molecule has 45 heavy (non-hydrogen) atoms. The lowest BCUT2D eigenvalue weighted by Crippen LogP contribution is -2.26. The molecular weight excluding hydrogens is 582 g/mol. The Morgan fingerprint density at radius 3 is 1.58 bits per heavy atom. The fourth-order valence-electron chi connectivity index (χ4n) is 6.19. The molecule has 0 unspecified atom stereocenters. The van der Waals surface area contributed by atoms with Gasteiger partial charge in [0.1, 0.15) is 0 Å². The lowest BCUT2D eigenvalue weighted by molar-refractivity contribution is -0.123. The minimum Gasteiger partial charge on any atom is -0.302 e. The molecule has 5 aromatic carbocycles. The van der Waals surface area contributed by atoms with Gasteiger partial charge in [0.25, 0.3) is 16.0 Å². The summed E-state index contributed by atoms with van der Waals surface area (Å²) in [4.78, 5) is 29.2. The standard InChI is InChI=1S/C38H27NO5S/c40-33-23-32(29-19-15-27(16-20-29)25-9-3-1-4-10-25)35-36(33)37(30-21-17-28(18-22-30)26-11-5-2-6-12-26)39(38(35)41)24-31-13-7-8-14-34(31)45(42,43)44/h1-22H,23-24H2,(H,42,43,44). The first-order valence-electron chi connectivity index (χ1n) is 14.5. The molecule has 7 heteroatoms. The molecule has 0 fully saturated rings. The summed E-state index contributed by atoms with van der Waals surface area (Å²) in [6.45, 7) is -0.148. The Labute approximate surface area is 261 Å². The Hall–Kier alpha value is -5.37. The number of rotatable bonds is 7. The van der Waals surface area contributed by atoms with Crippen LogP contribution >= 0.6 is 0 Å². The monoisotopic (exact) mass is 609 g/mol. The maximum absolute atomic E-state index is 14.3. The summed E-state index contributed by atoms with van der Waals surface area (Å²) in [6.07, 6.45) is 0.0855. The molecule has 0 bridgehead atoms. The van der Waals surface area contributed by atoms with E-state index in [1.165, 1.54) is 17.0 Å². The zero-order chi connectivity index (χ0) is 31.1. The fraction of sp³-hybridized carbons (Fsp3) is 0.0526. The number of hydrogen-bond acceptors (Lipinski definition) is 4. The van der Waals surface area contributed by atoms with Gasteiger partial charge in [-0.05, 0) is 50.6 Å². The summed E-state index contributed by atoms with van der Waals surface area (Å²) in [5.41, 5.74) is 7.51.